The summed E-state index contributed by atoms with van der Waals surface area (Å²) in [6.07, 6.45) is 3.25. The Morgan fingerprint density at radius 3 is 2.46 bits per heavy atom. The van der Waals surface area contributed by atoms with Crippen molar-refractivity contribution in [1.82, 2.24) is 9.55 Å². The van der Waals surface area contributed by atoms with E-state index in [1.807, 2.05) is 23.1 Å². The molecule has 24 heavy (non-hydrogen) atoms. The first-order chi connectivity index (χ1) is 11.7. The summed E-state index contributed by atoms with van der Waals surface area (Å²) >= 11 is 0. The van der Waals surface area contributed by atoms with Crippen LogP contribution in [0.4, 0.5) is 11.8 Å². The van der Waals surface area contributed by atoms with Gasteiger partial charge in [-0.3, -0.25) is 9.36 Å². The van der Waals surface area contributed by atoms with Gasteiger partial charge < -0.3 is 10.6 Å². The van der Waals surface area contributed by atoms with Crippen LogP contribution in [-0.2, 0) is 19.4 Å². The van der Waals surface area contributed by atoms with E-state index in [4.69, 9.17) is 5.73 Å². The fraction of sp³-hybridized carbons (Fsp3) is 0.278. The van der Waals surface area contributed by atoms with Crippen molar-refractivity contribution < 1.29 is 0 Å². The van der Waals surface area contributed by atoms with Gasteiger partial charge in [0.15, 0.2) is 11.4 Å². The van der Waals surface area contributed by atoms with Crippen LogP contribution in [0.15, 0.2) is 41.7 Å². The van der Waals surface area contributed by atoms with Gasteiger partial charge in [-0.2, -0.15) is 10.2 Å². The largest absolute Gasteiger partial charge is 0.369 e. The number of allylic oxidation sites excluding steroid dienone is 1. The Bertz CT molecular complexity index is 851. The molecule has 0 radical (unpaired) electrons. The first kappa shape index (κ1) is 15.8. The molecule has 0 spiro atoms. The molecule has 1 aromatic carbocycles. The Kier molecular flexibility index (Phi) is 4.34. The molecule has 1 aromatic heterocycles. The molecule has 3 rings (SSSR count). The first-order valence-corrected chi connectivity index (χ1v) is 7.88. The van der Waals surface area contributed by atoms with Gasteiger partial charge in [0, 0.05) is 19.6 Å². The Balaban J connectivity index is 2.00. The molecular formula is C18H19N5O. The average Bonchev–Trinajstić information content (AvgIpc) is 2.81. The minimum absolute atomic E-state index is 0.0389. The minimum Gasteiger partial charge on any atom is -0.369 e. The molecule has 6 heteroatoms. The van der Waals surface area contributed by atoms with E-state index in [1.165, 1.54) is 15.7 Å². The summed E-state index contributed by atoms with van der Waals surface area (Å²) in [7, 11) is 0. The number of hydrogen-bond donors (Lipinski definition) is 1. The number of nitrogens with zero attached hydrogens (tertiary/aromatic N) is 4. The van der Waals surface area contributed by atoms with E-state index in [-0.39, 0.29) is 18.1 Å². The van der Waals surface area contributed by atoms with Crippen molar-refractivity contribution in [1.29, 1.82) is 5.26 Å². The molecule has 1 aliphatic heterocycles. The van der Waals surface area contributed by atoms with E-state index in [1.54, 1.807) is 6.08 Å². The van der Waals surface area contributed by atoms with Crippen LogP contribution in [0.5, 0.6) is 0 Å². The van der Waals surface area contributed by atoms with E-state index in [0.29, 0.717) is 18.9 Å². The van der Waals surface area contributed by atoms with Gasteiger partial charge in [-0.15, -0.1) is 6.58 Å². The van der Waals surface area contributed by atoms with E-state index in [2.05, 4.69) is 23.7 Å². The van der Waals surface area contributed by atoms with Crippen molar-refractivity contribution in [3.05, 3.63) is 64.0 Å². The van der Waals surface area contributed by atoms with Crippen molar-refractivity contribution in [2.75, 3.05) is 23.7 Å². The Morgan fingerprint density at radius 1 is 1.29 bits per heavy atom. The van der Waals surface area contributed by atoms with Gasteiger partial charge in [0.05, 0.1) is 0 Å². The van der Waals surface area contributed by atoms with Crippen LogP contribution in [0, 0.1) is 11.3 Å². The fourth-order valence-electron chi connectivity index (χ4n) is 3.07. The standard InChI is InChI=1S/C18H19N5O/c1-2-9-23-17(24)15(12-19)16(21-18(23)20)22-10-7-13-5-3-4-6-14(13)8-11-22/h2-6H,1,7-11H2,(H2,20,21). The van der Waals surface area contributed by atoms with E-state index < -0.39 is 5.56 Å². The molecule has 0 fully saturated rings. The second-order valence-electron chi connectivity index (χ2n) is 5.74. The maximum absolute atomic E-state index is 12.5. The number of nitrogens with two attached hydrogens (primary N) is 1. The van der Waals surface area contributed by atoms with Gasteiger partial charge in [-0.25, -0.2) is 0 Å². The molecule has 2 aromatic rings. The molecule has 0 saturated heterocycles. The number of benzene rings is 1. The number of fused-ring (bicyclic) bond motifs is 1. The SMILES string of the molecule is C=CCn1c(N)nc(N2CCc3ccccc3CC2)c(C#N)c1=O. The number of rotatable bonds is 3. The topological polar surface area (TPSA) is 87.9 Å². The highest BCUT2D eigenvalue weighted by molar-refractivity contribution is 5.56. The number of anilines is 2. The van der Waals surface area contributed by atoms with Crippen molar-refractivity contribution >= 4 is 11.8 Å². The third kappa shape index (κ3) is 2.76. The molecule has 0 saturated carbocycles. The van der Waals surface area contributed by atoms with Crippen LogP contribution in [-0.4, -0.2) is 22.6 Å². The van der Waals surface area contributed by atoms with Crippen LogP contribution in [0.1, 0.15) is 16.7 Å². The zero-order valence-electron chi connectivity index (χ0n) is 13.4. The van der Waals surface area contributed by atoms with Gasteiger partial charge in [-0.1, -0.05) is 30.3 Å². The third-order valence-electron chi connectivity index (χ3n) is 4.32. The molecule has 0 bridgehead atoms. The zero-order valence-corrected chi connectivity index (χ0v) is 13.4. The predicted octanol–water partition coefficient (Wildman–Crippen LogP) is 1.49. The molecule has 2 N–H and O–H groups in total. The molecule has 0 atom stereocenters. The summed E-state index contributed by atoms with van der Waals surface area (Å²) < 4.78 is 1.27. The van der Waals surface area contributed by atoms with Gasteiger partial charge in [0.2, 0.25) is 5.95 Å². The lowest BCUT2D eigenvalue weighted by Gasteiger charge is -2.23. The van der Waals surface area contributed by atoms with Gasteiger partial charge in [0.1, 0.15) is 6.07 Å². The Hall–Kier alpha value is -3.07. The monoisotopic (exact) mass is 321 g/mol. The van der Waals surface area contributed by atoms with Gasteiger partial charge in [0.25, 0.3) is 5.56 Å². The number of nitriles is 1. The second kappa shape index (κ2) is 6.59. The van der Waals surface area contributed by atoms with Crippen LogP contribution in [0.25, 0.3) is 0 Å². The number of nitrogen functional groups attached to an aromatic ring is 1. The van der Waals surface area contributed by atoms with Crippen molar-refractivity contribution in [2.24, 2.45) is 0 Å². The lowest BCUT2D eigenvalue weighted by molar-refractivity contribution is 0.739. The maximum atomic E-state index is 12.5. The normalized spacial score (nSPS) is 13.7. The van der Waals surface area contributed by atoms with Crippen LogP contribution in [0.2, 0.25) is 0 Å². The lowest BCUT2D eigenvalue weighted by atomic mass is 10.0. The Labute approximate surface area is 140 Å². The highest BCUT2D eigenvalue weighted by Gasteiger charge is 2.22. The molecule has 0 unspecified atom stereocenters. The van der Waals surface area contributed by atoms with Crippen LogP contribution >= 0.6 is 0 Å². The molecular weight excluding hydrogens is 302 g/mol. The smallest absolute Gasteiger partial charge is 0.275 e. The molecule has 6 nitrogen and oxygen atoms in total. The summed E-state index contributed by atoms with van der Waals surface area (Å²) in [5.74, 6) is 0.490. The molecule has 0 aliphatic carbocycles. The van der Waals surface area contributed by atoms with E-state index in [0.717, 1.165) is 12.8 Å². The first-order valence-electron chi connectivity index (χ1n) is 7.88. The predicted molar refractivity (Wildman–Crippen MR) is 93.9 cm³/mol. The zero-order chi connectivity index (χ0) is 17.1. The second-order valence-corrected chi connectivity index (χ2v) is 5.74. The van der Waals surface area contributed by atoms with Gasteiger partial charge >= 0.3 is 0 Å². The summed E-state index contributed by atoms with van der Waals surface area (Å²) in [5, 5.41) is 9.46. The lowest BCUT2D eigenvalue weighted by Crippen LogP contribution is -2.34. The van der Waals surface area contributed by atoms with Crippen molar-refractivity contribution in [3.63, 3.8) is 0 Å². The fourth-order valence-corrected chi connectivity index (χ4v) is 3.07. The maximum Gasteiger partial charge on any atom is 0.275 e. The van der Waals surface area contributed by atoms with Crippen LogP contribution < -0.4 is 16.2 Å². The van der Waals surface area contributed by atoms with Gasteiger partial charge in [-0.05, 0) is 24.0 Å². The Morgan fingerprint density at radius 2 is 1.92 bits per heavy atom. The summed E-state index contributed by atoms with van der Waals surface area (Å²) in [6, 6.07) is 10.3. The quantitative estimate of drug-likeness (QED) is 0.865. The third-order valence-corrected chi connectivity index (χ3v) is 4.32. The summed E-state index contributed by atoms with van der Waals surface area (Å²) in [5.41, 5.74) is 8.15. The minimum atomic E-state index is -0.415. The molecule has 0 amide bonds. The number of hydrogen-bond acceptors (Lipinski definition) is 5. The van der Waals surface area contributed by atoms with Crippen molar-refractivity contribution in [3.8, 4) is 6.07 Å². The molecule has 1 aliphatic rings. The van der Waals surface area contributed by atoms with Crippen LogP contribution in [0.3, 0.4) is 0 Å². The average molecular weight is 321 g/mol. The highest BCUT2D eigenvalue weighted by atomic mass is 16.1. The van der Waals surface area contributed by atoms with E-state index >= 15 is 0 Å². The molecule has 2 heterocycles. The van der Waals surface area contributed by atoms with Crippen molar-refractivity contribution in [2.45, 2.75) is 19.4 Å². The summed E-state index contributed by atoms with van der Waals surface area (Å²) in [4.78, 5) is 18.9. The molecule has 122 valence electrons. The number of aromatic nitrogens is 2. The van der Waals surface area contributed by atoms with E-state index in [9.17, 15) is 10.1 Å². The highest BCUT2D eigenvalue weighted by Crippen LogP contribution is 2.21. The summed E-state index contributed by atoms with van der Waals surface area (Å²) in [6.45, 7) is 5.23.